The molecule has 4 nitrogen and oxygen atoms in total. The van der Waals surface area contributed by atoms with Crippen LogP contribution in [0.2, 0.25) is 0 Å². The van der Waals surface area contributed by atoms with Crippen LogP contribution in [0.3, 0.4) is 0 Å². The van der Waals surface area contributed by atoms with Crippen molar-refractivity contribution in [1.29, 1.82) is 0 Å². The van der Waals surface area contributed by atoms with Crippen molar-refractivity contribution in [2.45, 2.75) is 65.8 Å². The van der Waals surface area contributed by atoms with Crippen molar-refractivity contribution in [3.8, 4) is 0 Å². The van der Waals surface area contributed by atoms with Crippen LogP contribution < -0.4 is 5.32 Å². The van der Waals surface area contributed by atoms with E-state index in [1.54, 1.807) is 0 Å². The Morgan fingerprint density at radius 3 is 2.28 bits per heavy atom. The first-order valence-electron chi connectivity index (χ1n) is 11.5. The van der Waals surface area contributed by atoms with Crippen molar-refractivity contribution in [2.24, 2.45) is 0 Å². The van der Waals surface area contributed by atoms with Gasteiger partial charge in [-0.2, -0.15) is 0 Å². The third-order valence-electron chi connectivity index (χ3n) is 5.52. The number of carbonyl (C=O) groups excluding carboxylic acids is 1. The van der Waals surface area contributed by atoms with E-state index >= 15 is 0 Å². The highest BCUT2D eigenvalue weighted by molar-refractivity contribution is 5.85. The fourth-order valence-corrected chi connectivity index (χ4v) is 3.78. The molecule has 0 fully saturated rings. The van der Waals surface area contributed by atoms with Gasteiger partial charge < -0.3 is 10.1 Å². The minimum absolute atomic E-state index is 0.388. The number of ether oxygens (including phenoxy) is 1. The zero-order chi connectivity index (χ0) is 23.1. The van der Waals surface area contributed by atoms with Crippen LogP contribution in [0.5, 0.6) is 0 Å². The number of fused-ring (bicyclic) bond motifs is 1. The predicted octanol–water partition coefficient (Wildman–Crippen LogP) is 6.32. The molecular weight excluding hydrogens is 396 g/mol. The largest absolute Gasteiger partial charge is 0.444 e. The summed E-state index contributed by atoms with van der Waals surface area (Å²) in [5, 5.41) is 5.47. The van der Waals surface area contributed by atoms with Gasteiger partial charge in [0, 0.05) is 25.7 Å². The van der Waals surface area contributed by atoms with Crippen molar-refractivity contribution >= 4 is 16.9 Å². The lowest BCUT2D eigenvalue weighted by Crippen LogP contribution is -2.32. The summed E-state index contributed by atoms with van der Waals surface area (Å²) >= 11 is 0. The lowest BCUT2D eigenvalue weighted by molar-refractivity contribution is 0.0523. The summed E-state index contributed by atoms with van der Waals surface area (Å²) in [6.07, 6.45) is 0.637. The van der Waals surface area contributed by atoms with E-state index in [4.69, 9.17) is 4.74 Å². The molecular formula is C28H36N2O2. The Bertz CT molecular complexity index is 1010. The van der Waals surface area contributed by atoms with Gasteiger partial charge in [0.2, 0.25) is 0 Å². The van der Waals surface area contributed by atoms with Crippen molar-refractivity contribution in [2.75, 3.05) is 6.54 Å². The predicted molar refractivity (Wildman–Crippen MR) is 133 cm³/mol. The molecule has 0 unspecified atom stereocenters. The Hall–Kier alpha value is -2.85. The molecule has 0 atom stereocenters. The minimum atomic E-state index is -0.486. The average Bonchev–Trinajstić information content (AvgIpc) is 2.74. The Labute approximate surface area is 192 Å². The first-order valence-corrected chi connectivity index (χ1v) is 11.5. The first kappa shape index (κ1) is 23.8. The van der Waals surface area contributed by atoms with Gasteiger partial charge in [-0.3, -0.25) is 4.90 Å². The number of carbonyl (C=O) groups is 1. The van der Waals surface area contributed by atoms with Crippen LogP contribution in [-0.2, 0) is 24.2 Å². The molecule has 0 saturated carbocycles. The van der Waals surface area contributed by atoms with E-state index in [9.17, 15) is 4.79 Å². The molecule has 0 saturated heterocycles. The zero-order valence-electron chi connectivity index (χ0n) is 20.0. The molecule has 4 heteroatoms. The quantitative estimate of drug-likeness (QED) is 0.453. The number of hydrogen-bond acceptors (Lipinski definition) is 3. The van der Waals surface area contributed by atoms with E-state index in [1.165, 1.54) is 21.9 Å². The molecule has 3 rings (SSSR count). The molecule has 1 amide bonds. The van der Waals surface area contributed by atoms with Crippen LogP contribution in [0.1, 0.15) is 51.3 Å². The van der Waals surface area contributed by atoms with E-state index in [-0.39, 0.29) is 6.09 Å². The second-order valence-corrected chi connectivity index (χ2v) is 9.62. The summed E-state index contributed by atoms with van der Waals surface area (Å²) in [4.78, 5) is 14.4. The second-order valence-electron chi connectivity index (χ2n) is 9.62. The monoisotopic (exact) mass is 432 g/mol. The van der Waals surface area contributed by atoms with Gasteiger partial charge >= 0.3 is 6.09 Å². The number of rotatable bonds is 8. The van der Waals surface area contributed by atoms with E-state index in [2.05, 4.69) is 90.8 Å². The molecule has 0 spiro atoms. The molecule has 0 aliphatic rings. The van der Waals surface area contributed by atoms with E-state index < -0.39 is 5.60 Å². The summed E-state index contributed by atoms with van der Waals surface area (Å²) in [6.45, 7) is 12.5. The number of alkyl carbamates (subject to hydrolysis) is 1. The molecule has 3 aromatic rings. The first-order chi connectivity index (χ1) is 15.2. The Balaban J connectivity index is 1.57. The van der Waals surface area contributed by atoms with Gasteiger partial charge in [-0.25, -0.2) is 4.79 Å². The smallest absolute Gasteiger partial charge is 0.407 e. The average molecular weight is 433 g/mol. The van der Waals surface area contributed by atoms with Gasteiger partial charge in [-0.1, -0.05) is 66.7 Å². The Morgan fingerprint density at radius 2 is 1.59 bits per heavy atom. The molecule has 0 heterocycles. The summed E-state index contributed by atoms with van der Waals surface area (Å²) in [6, 6.07) is 24.1. The third-order valence-corrected chi connectivity index (χ3v) is 5.52. The highest BCUT2D eigenvalue weighted by Crippen LogP contribution is 2.20. The normalized spacial score (nSPS) is 11.8. The van der Waals surface area contributed by atoms with Crippen LogP contribution in [0.4, 0.5) is 4.79 Å². The van der Waals surface area contributed by atoms with Crippen molar-refractivity contribution in [3.05, 3.63) is 83.4 Å². The summed E-state index contributed by atoms with van der Waals surface area (Å²) < 4.78 is 5.30. The summed E-state index contributed by atoms with van der Waals surface area (Å²) in [5.41, 5.74) is 3.25. The molecule has 0 radical (unpaired) electrons. The van der Waals surface area contributed by atoms with Crippen LogP contribution >= 0.6 is 0 Å². The van der Waals surface area contributed by atoms with Crippen LogP contribution in [0.15, 0.2) is 66.7 Å². The van der Waals surface area contributed by atoms with Crippen molar-refractivity contribution in [1.82, 2.24) is 10.2 Å². The number of hydrogen-bond donors (Lipinski definition) is 1. The summed E-state index contributed by atoms with van der Waals surface area (Å²) in [7, 11) is 0. The van der Waals surface area contributed by atoms with E-state index in [0.29, 0.717) is 12.6 Å². The topological polar surface area (TPSA) is 41.6 Å². The van der Waals surface area contributed by atoms with Gasteiger partial charge in [-0.05, 0) is 68.5 Å². The molecule has 3 aromatic carbocycles. The van der Waals surface area contributed by atoms with Crippen LogP contribution in [0, 0.1) is 0 Å². The highest BCUT2D eigenvalue weighted by Gasteiger charge is 2.16. The molecule has 32 heavy (non-hydrogen) atoms. The second kappa shape index (κ2) is 10.6. The lowest BCUT2D eigenvalue weighted by Gasteiger charge is -2.27. The Morgan fingerprint density at radius 1 is 0.938 bits per heavy atom. The van der Waals surface area contributed by atoms with Gasteiger partial charge in [0.15, 0.2) is 0 Å². The maximum Gasteiger partial charge on any atom is 0.407 e. The molecule has 0 bridgehead atoms. The van der Waals surface area contributed by atoms with Crippen molar-refractivity contribution < 1.29 is 9.53 Å². The zero-order valence-corrected chi connectivity index (χ0v) is 20.0. The van der Waals surface area contributed by atoms with Gasteiger partial charge in [0.25, 0.3) is 0 Å². The number of amides is 1. The number of nitrogens with zero attached hydrogens (tertiary/aromatic N) is 1. The van der Waals surface area contributed by atoms with Gasteiger partial charge in [-0.15, -0.1) is 0 Å². The number of nitrogens with one attached hydrogen (secondary N) is 1. The third kappa shape index (κ3) is 7.10. The highest BCUT2D eigenvalue weighted by atomic mass is 16.6. The fraction of sp³-hybridized carbons (Fsp3) is 0.393. The molecule has 1 N–H and O–H groups in total. The van der Waals surface area contributed by atoms with E-state index in [1.807, 2.05) is 20.8 Å². The fourth-order valence-electron chi connectivity index (χ4n) is 3.78. The maximum absolute atomic E-state index is 11.9. The van der Waals surface area contributed by atoms with Crippen molar-refractivity contribution in [3.63, 3.8) is 0 Å². The standard InChI is InChI=1S/C28H36N2O2/c1-21(2)30(18-17-25-11-8-10-24-9-6-7-12-26(24)25)20-23-15-13-22(14-16-23)19-29-27(31)32-28(3,4)5/h6-16,21H,17-20H2,1-5H3,(H,29,31). The van der Waals surface area contributed by atoms with Gasteiger partial charge in [0.1, 0.15) is 5.60 Å². The molecule has 0 aliphatic heterocycles. The molecule has 0 aliphatic carbocycles. The van der Waals surface area contributed by atoms with Crippen LogP contribution in [-0.4, -0.2) is 29.2 Å². The SMILES string of the molecule is CC(C)N(CCc1cccc2ccccc12)Cc1ccc(CNC(=O)OC(C)(C)C)cc1. The Kier molecular flexibility index (Phi) is 7.92. The van der Waals surface area contributed by atoms with Crippen LogP contribution in [0.25, 0.3) is 10.8 Å². The molecule has 0 aromatic heterocycles. The molecule has 170 valence electrons. The lowest BCUT2D eigenvalue weighted by atomic mass is 10.0. The van der Waals surface area contributed by atoms with Gasteiger partial charge in [0.05, 0.1) is 0 Å². The minimum Gasteiger partial charge on any atom is -0.444 e. The maximum atomic E-state index is 11.9. The number of benzene rings is 3. The van der Waals surface area contributed by atoms with E-state index in [0.717, 1.165) is 25.1 Å². The summed E-state index contributed by atoms with van der Waals surface area (Å²) in [5.74, 6) is 0.